The number of halogens is 2. The number of rotatable bonds is 5. The summed E-state index contributed by atoms with van der Waals surface area (Å²) in [7, 11) is 2.80. The summed E-state index contributed by atoms with van der Waals surface area (Å²) in [5, 5.41) is 25.2. The maximum atomic E-state index is 4.09. The summed E-state index contributed by atoms with van der Waals surface area (Å²) in [5.41, 5.74) is 1.80. The Kier molecular flexibility index (Phi) is 5.70. The number of benzene rings is 2. The molecule has 0 aliphatic heterocycles. The van der Waals surface area contributed by atoms with Crippen molar-refractivity contribution < 1.29 is 0 Å². The molecule has 0 atom stereocenters. The molecule has 0 unspecified atom stereocenters. The van der Waals surface area contributed by atoms with Crippen molar-refractivity contribution in [3.8, 4) is 11.4 Å². The zero-order chi connectivity index (χ0) is 17.9. The van der Waals surface area contributed by atoms with E-state index in [-0.39, 0.29) is 0 Å². The van der Waals surface area contributed by atoms with Crippen LogP contribution in [-0.4, -0.2) is 40.4 Å². The smallest absolute Gasteiger partial charge is 0.187 e. The molecule has 0 saturated carbocycles. The summed E-state index contributed by atoms with van der Waals surface area (Å²) in [6.45, 7) is 0. The van der Waals surface area contributed by atoms with Gasteiger partial charge in [-0.15, -0.1) is 10.2 Å². The van der Waals surface area contributed by atoms with Crippen LogP contribution in [-0.2, 0) is 0 Å². The van der Waals surface area contributed by atoms with Crippen LogP contribution in [0.5, 0.6) is 0 Å². The average molecular weight is 606 g/mol. The molecule has 0 saturated heterocycles. The molecule has 0 amide bonds. The third kappa shape index (κ3) is 4.01. The molecule has 8 nitrogen and oxygen atoms in total. The normalized spacial score (nSPS) is 11.0. The van der Waals surface area contributed by atoms with Gasteiger partial charge in [0.2, 0.25) is 10.3 Å². The summed E-state index contributed by atoms with van der Waals surface area (Å²) < 4.78 is 5.68. The fourth-order valence-electron chi connectivity index (χ4n) is 2.02. The van der Waals surface area contributed by atoms with E-state index in [0.29, 0.717) is 10.3 Å². The van der Waals surface area contributed by atoms with Gasteiger partial charge in [0.15, 0.2) is 0 Å². The number of hydrogen-bond acceptors (Lipinski definition) is 8. The van der Waals surface area contributed by atoms with E-state index in [2.05, 4.69) is 76.2 Å². The van der Waals surface area contributed by atoms with E-state index >= 15 is 0 Å². The average Bonchev–Trinajstić information content (AvgIpc) is 3.30. The van der Waals surface area contributed by atoms with Gasteiger partial charge < -0.3 is 0 Å². The van der Waals surface area contributed by atoms with E-state index in [1.807, 2.05) is 48.5 Å². The van der Waals surface area contributed by atoms with Gasteiger partial charge in [0.1, 0.15) is 0 Å². The van der Waals surface area contributed by atoms with Gasteiger partial charge in [-0.3, -0.25) is 0 Å². The zero-order valence-electron chi connectivity index (χ0n) is 12.8. The highest BCUT2D eigenvalue weighted by Gasteiger charge is 2.14. The summed E-state index contributed by atoms with van der Waals surface area (Å²) in [4.78, 5) is 0. The second kappa shape index (κ2) is 8.18. The summed E-state index contributed by atoms with van der Waals surface area (Å²) in [6.07, 6.45) is 0. The molecule has 12 heteroatoms. The van der Waals surface area contributed by atoms with Crippen LogP contribution >= 0.6 is 66.8 Å². The van der Waals surface area contributed by atoms with Crippen LogP contribution in [0.15, 0.2) is 58.8 Å². The van der Waals surface area contributed by atoms with E-state index in [1.165, 1.54) is 21.6 Å². The van der Waals surface area contributed by atoms with E-state index < -0.39 is 0 Å². The Morgan fingerprint density at radius 3 is 1.38 bits per heavy atom. The van der Waals surface area contributed by atoms with Gasteiger partial charge in [0, 0.05) is 7.14 Å². The second-order valence-corrected chi connectivity index (χ2v) is 9.42. The van der Waals surface area contributed by atoms with Crippen molar-refractivity contribution in [2.75, 3.05) is 0 Å². The lowest BCUT2D eigenvalue weighted by Crippen LogP contribution is -1.99. The maximum absolute atomic E-state index is 4.09. The molecule has 4 rings (SSSR count). The second-order valence-electron chi connectivity index (χ2n) is 4.87. The molecule has 0 radical (unpaired) electrons. The number of tetrazole rings is 2. The molecule has 0 bridgehead atoms. The Bertz CT molecular complexity index is 932. The summed E-state index contributed by atoms with van der Waals surface area (Å²) in [5.74, 6) is 0. The largest absolute Gasteiger partial charge is 0.225 e. The lowest BCUT2D eigenvalue weighted by Gasteiger charge is -2.05. The Morgan fingerprint density at radius 1 is 0.615 bits per heavy atom. The topological polar surface area (TPSA) is 87.2 Å². The molecule has 130 valence electrons. The highest BCUT2D eigenvalue weighted by atomic mass is 127. The fraction of sp³-hybridized carbons (Fsp3) is 0. The van der Waals surface area contributed by atoms with Gasteiger partial charge in [0.05, 0.1) is 11.4 Å². The quantitative estimate of drug-likeness (QED) is 0.252. The minimum atomic E-state index is 0.647. The number of aromatic nitrogens is 8. The third-order valence-electron chi connectivity index (χ3n) is 3.21. The van der Waals surface area contributed by atoms with Crippen molar-refractivity contribution in [1.29, 1.82) is 0 Å². The monoisotopic (exact) mass is 606 g/mol. The molecule has 4 aromatic rings. The molecule has 0 fully saturated rings. The zero-order valence-corrected chi connectivity index (χ0v) is 18.7. The van der Waals surface area contributed by atoms with Crippen molar-refractivity contribution in [1.82, 2.24) is 40.4 Å². The van der Waals surface area contributed by atoms with Crippen LogP contribution in [0.3, 0.4) is 0 Å². The predicted octanol–water partition coefficient (Wildman–Crippen LogP) is 3.65. The first-order chi connectivity index (χ1) is 12.7. The molecule has 2 aromatic carbocycles. The number of nitrogens with zero attached hydrogens (tertiary/aromatic N) is 8. The van der Waals surface area contributed by atoms with Crippen LogP contribution in [0.1, 0.15) is 0 Å². The van der Waals surface area contributed by atoms with Crippen molar-refractivity contribution in [2.45, 2.75) is 10.3 Å². The Hall–Kier alpha value is -1.26. The van der Waals surface area contributed by atoms with Crippen LogP contribution in [0.25, 0.3) is 11.4 Å². The first kappa shape index (κ1) is 18.1. The lowest BCUT2D eigenvalue weighted by molar-refractivity contribution is 0.755. The Balaban J connectivity index is 1.54. The molecule has 0 aliphatic carbocycles. The van der Waals surface area contributed by atoms with Crippen molar-refractivity contribution in [3.63, 3.8) is 0 Å². The first-order valence-electron chi connectivity index (χ1n) is 7.14. The molecular weight excluding hydrogens is 598 g/mol. The third-order valence-corrected chi connectivity index (χ3v) is 6.69. The van der Waals surface area contributed by atoms with Crippen molar-refractivity contribution >= 4 is 66.8 Å². The van der Waals surface area contributed by atoms with E-state index in [1.54, 1.807) is 9.36 Å². The molecule has 0 aliphatic rings. The van der Waals surface area contributed by atoms with Gasteiger partial charge >= 0.3 is 0 Å². The van der Waals surface area contributed by atoms with Gasteiger partial charge in [-0.2, -0.15) is 9.36 Å². The van der Waals surface area contributed by atoms with Crippen LogP contribution in [0, 0.1) is 7.14 Å². The van der Waals surface area contributed by atoms with E-state index in [9.17, 15) is 0 Å². The molecule has 0 N–H and O–H groups in total. The minimum absolute atomic E-state index is 0.647. The van der Waals surface area contributed by atoms with Gasteiger partial charge in [-0.05, 0) is 136 Å². The van der Waals surface area contributed by atoms with E-state index in [0.717, 1.165) is 18.5 Å². The highest BCUT2D eigenvalue weighted by Crippen LogP contribution is 2.35. The van der Waals surface area contributed by atoms with Crippen molar-refractivity contribution in [2.24, 2.45) is 0 Å². The molecular formula is C14H8I2N8S2. The lowest BCUT2D eigenvalue weighted by atomic mass is 10.3. The molecule has 0 spiro atoms. The Labute approximate surface area is 183 Å². The molecule has 26 heavy (non-hydrogen) atoms. The van der Waals surface area contributed by atoms with Crippen LogP contribution in [0.2, 0.25) is 0 Å². The van der Waals surface area contributed by atoms with Gasteiger partial charge in [0.25, 0.3) is 0 Å². The minimum Gasteiger partial charge on any atom is -0.187 e. The molecule has 2 heterocycles. The van der Waals surface area contributed by atoms with Gasteiger partial charge in [-0.25, -0.2) is 0 Å². The number of hydrogen-bond donors (Lipinski definition) is 0. The Morgan fingerprint density at radius 2 is 1.00 bits per heavy atom. The maximum Gasteiger partial charge on any atom is 0.225 e. The van der Waals surface area contributed by atoms with Crippen LogP contribution in [0.4, 0.5) is 0 Å². The van der Waals surface area contributed by atoms with Crippen LogP contribution < -0.4 is 0 Å². The summed E-state index contributed by atoms with van der Waals surface area (Å²) in [6, 6.07) is 15.9. The first-order valence-corrected chi connectivity index (χ1v) is 11.4. The fourth-order valence-corrected chi connectivity index (χ4v) is 4.53. The van der Waals surface area contributed by atoms with Crippen molar-refractivity contribution in [3.05, 3.63) is 55.7 Å². The molecule has 2 aromatic heterocycles. The van der Waals surface area contributed by atoms with Gasteiger partial charge in [-0.1, -0.05) is 0 Å². The predicted molar refractivity (Wildman–Crippen MR) is 115 cm³/mol. The highest BCUT2D eigenvalue weighted by molar-refractivity contribution is 14.1. The standard InChI is InChI=1S/C14H8I2N8S2/c15-9-1-5-11(6-2-9)23-13(17-19-21-23)25-26-14-18-20-22-24(14)12-7-3-10(16)4-8-12/h1-8H. The SMILES string of the molecule is Ic1ccc(-n2nnnc2SSc2nnnn2-c2ccc(I)cc2)cc1. The van der Waals surface area contributed by atoms with E-state index in [4.69, 9.17) is 0 Å². The summed E-state index contributed by atoms with van der Waals surface area (Å²) >= 11 is 4.52.